The number of imide groups is 1. The van der Waals surface area contributed by atoms with Crippen LogP contribution in [0.15, 0.2) is 36.5 Å². The van der Waals surface area contributed by atoms with E-state index in [4.69, 9.17) is 4.84 Å². The summed E-state index contributed by atoms with van der Waals surface area (Å²) in [6.45, 7) is 0. The highest BCUT2D eigenvalue weighted by molar-refractivity contribution is 6.21. The summed E-state index contributed by atoms with van der Waals surface area (Å²) < 4.78 is 1.76. The van der Waals surface area contributed by atoms with Crippen LogP contribution in [-0.2, 0) is 4.84 Å². The normalized spacial score (nSPS) is 17.4. The minimum absolute atomic E-state index is 0.0819. The molecule has 0 saturated heterocycles. The van der Waals surface area contributed by atoms with Gasteiger partial charge in [-0.2, -0.15) is 5.10 Å². The smallest absolute Gasteiger partial charge is 0.322 e. The van der Waals surface area contributed by atoms with Crippen LogP contribution in [0.1, 0.15) is 62.9 Å². The number of hydrogen-bond acceptors (Lipinski definition) is 5. The predicted molar refractivity (Wildman–Crippen MR) is 82.1 cm³/mol. The zero-order chi connectivity index (χ0) is 16.7. The average molecular weight is 325 g/mol. The van der Waals surface area contributed by atoms with Gasteiger partial charge in [-0.1, -0.05) is 30.0 Å². The maximum atomic E-state index is 12.2. The fourth-order valence-corrected chi connectivity index (χ4v) is 3.20. The first-order valence-electron chi connectivity index (χ1n) is 7.90. The second kappa shape index (κ2) is 5.59. The van der Waals surface area contributed by atoms with Gasteiger partial charge in [-0.15, -0.1) is 0 Å². The van der Waals surface area contributed by atoms with E-state index in [1.54, 1.807) is 29.1 Å². The molecule has 0 radical (unpaired) electrons. The molecule has 7 nitrogen and oxygen atoms in total. The van der Waals surface area contributed by atoms with E-state index in [9.17, 15) is 14.4 Å². The first kappa shape index (κ1) is 14.6. The van der Waals surface area contributed by atoms with Crippen LogP contribution in [0.2, 0.25) is 0 Å². The van der Waals surface area contributed by atoms with Crippen molar-refractivity contribution in [1.82, 2.24) is 14.8 Å². The lowest BCUT2D eigenvalue weighted by molar-refractivity contribution is -0.0589. The van der Waals surface area contributed by atoms with E-state index in [-0.39, 0.29) is 16.8 Å². The van der Waals surface area contributed by atoms with Gasteiger partial charge in [0.25, 0.3) is 11.8 Å². The number of hydrogen-bond donors (Lipinski definition) is 0. The van der Waals surface area contributed by atoms with Crippen molar-refractivity contribution in [2.75, 3.05) is 0 Å². The second-order valence-corrected chi connectivity index (χ2v) is 5.95. The van der Waals surface area contributed by atoms with Crippen molar-refractivity contribution in [1.29, 1.82) is 0 Å². The predicted octanol–water partition coefficient (Wildman–Crippen LogP) is 2.37. The van der Waals surface area contributed by atoms with Crippen LogP contribution in [0.25, 0.3) is 0 Å². The SMILES string of the molecule is O=C(ON1C(=O)c2ccccc2C1=O)c1ccn(C2CCCC2)n1. The summed E-state index contributed by atoms with van der Waals surface area (Å²) in [7, 11) is 0. The van der Waals surface area contributed by atoms with Gasteiger partial charge in [0.15, 0.2) is 5.69 Å². The molecule has 2 aromatic rings. The van der Waals surface area contributed by atoms with Crippen LogP contribution in [0.4, 0.5) is 0 Å². The largest absolute Gasteiger partial charge is 0.384 e. The molecule has 1 saturated carbocycles. The highest BCUT2D eigenvalue weighted by atomic mass is 16.7. The number of fused-ring (bicyclic) bond motifs is 1. The fourth-order valence-electron chi connectivity index (χ4n) is 3.20. The van der Waals surface area contributed by atoms with E-state index in [1.165, 1.54) is 12.1 Å². The van der Waals surface area contributed by atoms with Gasteiger partial charge >= 0.3 is 5.97 Å². The molecule has 122 valence electrons. The van der Waals surface area contributed by atoms with Crippen molar-refractivity contribution < 1.29 is 19.2 Å². The molecule has 0 unspecified atom stereocenters. The second-order valence-electron chi connectivity index (χ2n) is 5.95. The first-order chi connectivity index (χ1) is 11.6. The Morgan fingerprint density at radius 3 is 2.29 bits per heavy atom. The Morgan fingerprint density at radius 1 is 1.04 bits per heavy atom. The summed E-state index contributed by atoms with van der Waals surface area (Å²) in [5, 5.41) is 4.73. The number of nitrogens with zero attached hydrogens (tertiary/aromatic N) is 3. The molecular formula is C17H15N3O4. The third kappa shape index (κ3) is 2.29. The molecule has 1 aromatic heterocycles. The summed E-state index contributed by atoms with van der Waals surface area (Å²) in [5.41, 5.74) is 0.539. The van der Waals surface area contributed by atoms with Crippen molar-refractivity contribution in [3.05, 3.63) is 53.3 Å². The number of hydroxylamine groups is 2. The van der Waals surface area contributed by atoms with Gasteiger partial charge in [0.05, 0.1) is 17.2 Å². The summed E-state index contributed by atoms with van der Waals surface area (Å²) in [6.07, 6.45) is 6.11. The van der Waals surface area contributed by atoms with E-state index >= 15 is 0 Å². The number of rotatable bonds is 3. The Hall–Kier alpha value is -2.96. The summed E-state index contributed by atoms with van der Waals surface area (Å²) in [6, 6.07) is 8.19. The van der Waals surface area contributed by atoms with Crippen molar-refractivity contribution in [3.8, 4) is 0 Å². The molecule has 24 heavy (non-hydrogen) atoms. The molecule has 1 aliphatic carbocycles. The molecule has 0 bridgehead atoms. The third-order valence-corrected chi connectivity index (χ3v) is 4.45. The molecule has 0 atom stereocenters. The summed E-state index contributed by atoms with van der Waals surface area (Å²) in [4.78, 5) is 41.6. The molecule has 2 aliphatic rings. The molecule has 7 heteroatoms. The lowest BCUT2D eigenvalue weighted by atomic mass is 10.1. The topological polar surface area (TPSA) is 81.5 Å². The molecular weight excluding hydrogens is 310 g/mol. The van der Waals surface area contributed by atoms with Gasteiger partial charge in [0.1, 0.15) is 0 Å². The summed E-state index contributed by atoms with van der Waals surface area (Å²) >= 11 is 0. The van der Waals surface area contributed by atoms with Crippen LogP contribution in [0.5, 0.6) is 0 Å². The summed E-state index contributed by atoms with van der Waals surface area (Å²) in [5.74, 6) is -2.10. The van der Waals surface area contributed by atoms with Gasteiger partial charge in [0, 0.05) is 6.20 Å². The number of amides is 2. The van der Waals surface area contributed by atoms with Crippen LogP contribution in [0, 0.1) is 0 Å². The highest BCUT2D eigenvalue weighted by Gasteiger charge is 2.39. The molecule has 1 fully saturated rings. The van der Waals surface area contributed by atoms with E-state index < -0.39 is 17.8 Å². The van der Waals surface area contributed by atoms with Crippen molar-refractivity contribution in [2.24, 2.45) is 0 Å². The molecule has 2 heterocycles. The van der Waals surface area contributed by atoms with Crippen molar-refractivity contribution >= 4 is 17.8 Å². The maximum Gasteiger partial charge on any atom is 0.384 e. The minimum Gasteiger partial charge on any atom is -0.322 e. The van der Waals surface area contributed by atoms with Gasteiger partial charge < -0.3 is 4.84 Å². The average Bonchev–Trinajstić information content (AvgIpc) is 3.32. The Balaban J connectivity index is 1.51. The number of carbonyl (C=O) groups excluding carboxylic acids is 3. The fraction of sp³-hybridized carbons (Fsp3) is 0.294. The molecule has 2 amide bonds. The molecule has 1 aliphatic heterocycles. The van der Waals surface area contributed by atoms with Crippen LogP contribution in [-0.4, -0.2) is 32.6 Å². The van der Waals surface area contributed by atoms with Crippen LogP contribution < -0.4 is 0 Å². The van der Waals surface area contributed by atoms with Gasteiger partial charge in [0.2, 0.25) is 0 Å². The zero-order valence-corrected chi connectivity index (χ0v) is 12.8. The number of carbonyl (C=O) groups is 3. The molecule has 0 spiro atoms. The number of aromatic nitrogens is 2. The number of benzene rings is 1. The monoisotopic (exact) mass is 325 g/mol. The Morgan fingerprint density at radius 2 is 1.67 bits per heavy atom. The lowest BCUT2D eigenvalue weighted by Gasteiger charge is -2.12. The minimum atomic E-state index is -0.818. The standard InChI is InChI=1S/C17H15N3O4/c21-15-12-7-3-4-8-13(12)16(22)20(15)24-17(23)14-9-10-19(18-14)11-5-1-2-6-11/h3-4,7-11H,1-2,5-6H2. The zero-order valence-electron chi connectivity index (χ0n) is 12.8. The molecule has 4 rings (SSSR count). The van der Waals surface area contributed by atoms with Crippen LogP contribution in [0.3, 0.4) is 0 Å². The van der Waals surface area contributed by atoms with Crippen molar-refractivity contribution in [3.63, 3.8) is 0 Å². The quantitative estimate of drug-likeness (QED) is 0.809. The Labute approximate surface area is 137 Å². The van der Waals surface area contributed by atoms with E-state index in [0.29, 0.717) is 11.1 Å². The van der Waals surface area contributed by atoms with Gasteiger partial charge in [-0.25, -0.2) is 4.79 Å². The Kier molecular flexibility index (Phi) is 3.41. The van der Waals surface area contributed by atoms with Gasteiger partial charge in [-0.3, -0.25) is 14.3 Å². The molecule has 0 N–H and O–H groups in total. The lowest BCUT2D eigenvalue weighted by Crippen LogP contribution is -2.32. The van der Waals surface area contributed by atoms with Crippen molar-refractivity contribution in [2.45, 2.75) is 31.7 Å². The molecule has 1 aromatic carbocycles. The van der Waals surface area contributed by atoms with E-state index in [2.05, 4.69) is 5.10 Å². The Bertz CT molecular complexity index is 801. The maximum absolute atomic E-state index is 12.2. The first-order valence-corrected chi connectivity index (χ1v) is 7.90. The van der Waals surface area contributed by atoms with E-state index in [0.717, 1.165) is 25.7 Å². The third-order valence-electron chi connectivity index (χ3n) is 4.45. The van der Waals surface area contributed by atoms with Gasteiger partial charge in [-0.05, 0) is 31.0 Å². The van der Waals surface area contributed by atoms with Crippen LogP contribution >= 0.6 is 0 Å². The highest BCUT2D eigenvalue weighted by Crippen LogP contribution is 2.29. The van der Waals surface area contributed by atoms with E-state index in [1.807, 2.05) is 0 Å².